The Bertz CT molecular complexity index is 1290. The Hall–Kier alpha value is -3.58. The number of imidazole rings is 1. The molecule has 1 saturated heterocycles. The molecule has 35 heavy (non-hydrogen) atoms. The van der Waals surface area contributed by atoms with E-state index in [1.807, 2.05) is 61.1 Å². The largest absolute Gasteiger partial charge is 0.324 e. The third-order valence-electron chi connectivity index (χ3n) is 6.57. The number of nitrogens with one attached hydrogen (secondary N) is 2. The fraction of sp³-hybridized carbons (Fsp3) is 0.321. The summed E-state index contributed by atoms with van der Waals surface area (Å²) in [7, 11) is 0. The summed E-state index contributed by atoms with van der Waals surface area (Å²) in [5.41, 5.74) is 2.86. The molecule has 2 aromatic carbocycles. The molecule has 0 spiro atoms. The highest BCUT2D eigenvalue weighted by Crippen LogP contribution is 2.47. The van der Waals surface area contributed by atoms with Crippen LogP contribution in [0.4, 0.5) is 16.0 Å². The van der Waals surface area contributed by atoms with Crippen LogP contribution >= 0.6 is 0 Å². The van der Waals surface area contributed by atoms with Gasteiger partial charge in [-0.05, 0) is 76.4 Å². The molecule has 3 heterocycles. The number of anilines is 2. The highest BCUT2D eigenvalue weighted by atomic mass is 19.1. The third-order valence-corrected chi connectivity index (χ3v) is 6.57. The highest BCUT2D eigenvalue weighted by Gasteiger charge is 2.50. The van der Waals surface area contributed by atoms with E-state index in [2.05, 4.69) is 52.9 Å². The van der Waals surface area contributed by atoms with Crippen molar-refractivity contribution in [3.63, 3.8) is 0 Å². The molecule has 0 amide bonds. The molecule has 2 N–H and O–H groups in total. The minimum Gasteiger partial charge on any atom is -0.324 e. The first-order chi connectivity index (χ1) is 16.7. The Morgan fingerprint density at radius 1 is 0.914 bits per heavy atom. The molecule has 0 unspecified atom stereocenters. The lowest BCUT2D eigenvalue weighted by atomic mass is 9.67. The molecule has 180 valence electrons. The van der Waals surface area contributed by atoms with Crippen LogP contribution in [0.1, 0.15) is 46.1 Å². The zero-order chi connectivity index (χ0) is 24.7. The number of nitrogens with zero attached hydrogens (tertiary/aromatic N) is 4. The van der Waals surface area contributed by atoms with Crippen molar-refractivity contribution in [2.75, 3.05) is 5.32 Å². The van der Waals surface area contributed by atoms with Crippen LogP contribution in [0.2, 0.25) is 0 Å². The Morgan fingerprint density at radius 2 is 1.60 bits per heavy atom. The van der Waals surface area contributed by atoms with E-state index >= 15 is 0 Å². The van der Waals surface area contributed by atoms with E-state index in [1.165, 1.54) is 0 Å². The van der Waals surface area contributed by atoms with Gasteiger partial charge in [0.05, 0.1) is 29.5 Å². The van der Waals surface area contributed by atoms with Gasteiger partial charge in [-0.1, -0.05) is 30.3 Å². The number of para-hydroxylation sites is 1. The van der Waals surface area contributed by atoms with Crippen LogP contribution in [0.15, 0.2) is 79.4 Å². The Kier molecular flexibility index (Phi) is 5.68. The van der Waals surface area contributed by atoms with Crippen molar-refractivity contribution in [2.24, 2.45) is 0 Å². The number of hydrogen-bond acceptors (Lipinski definition) is 5. The van der Waals surface area contributed by atoms with Gasteiger partial charge in [0.1, 0.15) is 5.82 Å². The molecule has 5 rings (SSSR count). The van der Waals surface area contributed by atoms with E-state index in [4.69, 9.17) is 4.98 Å². The maximum atomic E-state index is 13.9. The van der Waals surface area contributed by atoms with Crippen LogP contribution < -0.4 is 10.6 Å². The van der Waals surface area contributed by atoms with Crippen LogP contribution in [0, 0.1) is 5.82 Å². The van der Waals surface area contributed by atoms with Gasteiger partial charge in [-0.2, -0.15) is 0 Å². The minimum atomic E-state index is -0.449. The number of aromatic nitrogens is 4. The summed E-state index contributed by atoms with van der Waals surface area (Å²) in [5.74, 6) is 0.276. The molecule has 6 nitrogen and oxygen atoms in total. The zero-order valence-corrected chi connectivity index (χ0v) is 20.6. The predicted octanol–water partition coefficient (Wildman–Crippen LogP) is 5.91. The van der Waals surface area contributed by atoms with Gasteiger partial charge in [-0.3, -0.25) is 0 Å². The molecule has 0 atom stereocenters. The summed E-state index contributed by atoms with van der Waals surface area (Å²) in [6, 6.07) is 18.6. The van der Waals surface area contributed by atoms with Crippen LogP contribution in [0.3, 0.4) is 0 Å². The highest BCUT2D eigenvalue weighted by molar-refractivity contribution is 5.59. The van der Waals surface area contributed by atoms with Crippen molar-refractivity contribution in [3.8, 4) is 11.4 Å². The minimum absolute atomic E-state index is 0.163. The lowest BCUT2D eigenvalue weighted by molar-refractivity contribution is 0.0826. The molecule has 0 aliphatic carbocycles. The Labute approximate surface area is 205 Å². The van der Waals surface area contributed by atoms with E-state index in [-0.39, 0.29) is 16.9 Å². The Balaban J connectivity index is 1.63. The second-order valence-electron chi connectivity index (χ2n) is 10.7. The van der Waals surface area contributed by atoms with E-state index in [1.54, 1.807) is 18.3 Å². The monoisotopic (exact) mass is 470 g/mol. The molecule has 1 aliphatic heterocycles. The standard InChI is InChI=1S/C28H31FN6/c1-26(2)17-28(18-27(3,4)34-26,20-10-12-21(29)13-11-20)35-19-30-16-24(35)23-14-15-31-25(33-23)32-22-8-6-5-7-9-22/h5-16,19,34H,17-18H2,1-4H3,(H,31,32,33). The number of halogens is 1. The number of benzene rings is 2. The van der Waals surface area contributed by atoms with Crippen LogP contribution in [0.25, 0.3) is 11.4 Å². The van der Waals surface area contributed by atoms with Gasteiger partial charge in [0, 0.05) is 23.0 Å². The Morgan fingerprint density at radius 3 is 2.29 bits per heavy atom. The topological polar surface area (TPSA) is 67.7 Å². The van der Waals surface area contributed by atoms with E-state index < -0.39 is 5.54 Å². The molecule has 1 fully saturated rings. The molecule has 0 saturated carbocycles. The molecule has 2 aromatic heterocycles. The molecule has 1 aliphatic rings. The van der Waals surface area contributed by atoms with Gasteiger partial charge in [0.25, 0.3) is 0 Å². The van der Waals surface area contributed by atoms with Crippen molar-refractivity contribution in [3.05, 3.63) is 90.8 Å². The molecule has 0 bridgehead atoms. The summed E-state index contributed by atoms with van der Waals surface area (Å²) in [5, 5.41) is 7.06. The van der Waals surface area contributed by atoms with Gasteiger partial charge in [0.15, 0.2) is 0 Å². The summed E-state index contributed by atoms with van der Waals surface area (Å²) in [4.78, 5) is 13.8. The first-order valence-electron chi connectivity index (χ1n) is 11.9. The fourth-order valence-electron chi connectivity index (χ4n) is 5.84. The maximum Gasteiger partial charge on any atom is 0.227 e. The van der Waals surface area contributed by atoms with E-state index in [0.717, 1.165) is 35.5 Å². The summed E-state index contributed by atoms with van der Waals surface area (Å²) < 4.78 is 16.2. The summed E-state index contributed by atoms with van der Waals surface area (Å²) in [6.45, 7) is 8.87. The molecular formula is C28H31FN6. The zero-order valence-electron chi connectivity index (χ0n) is 20.6. The molecule has 4 aromatic rings. The van der Waals surface area contributed by atoms with Gasteiger partial charge in [0.2, 0.25) is 5.95 Å². The second kappa shape index (κ2) is 8.57. The second-order valence-corrected chi connectivity index (χ2v) is 10.7. The average Bonchev–Trinajstić information content (AvgIpc) is 3.29. The lowest BCUT2D eigenvalue weighted by Crippen LogP contribution is -2.64. The first-order valence-corrected chi connectivity index (χ1v) is 11.9. The maximum absolute atomic E-state index is 13.9. The smallest absolute Gasteiger partial charge is 0.227 e. The van der Waals surface area contributed by atoms with E-state index in [9.17, 15) is 4.39 Å². The van der Waals surface area contributed by atoms with Crippen molar-refractivity contribution in [1.82, 2.24) is 24.8 Å². The van der Waals surface area contributed by atoms with Gasteiger partial charge in [-0.15, -0.1) is 0 Å². The quantitative estimate of drug-likeness (QED) is 0.380. The van der Waals surface area contributed by atoms with Crippen molar-refractivity contribution < 1.29 is 4.39 Å². The van der Waals surface area contributed by atoms with Crippen LogP contribution in [-0.2, 0) is 5.54 Å². The fourth-order valence-corrected chi connectivity index (χ4v) is 5.84. The van der Waals surface area contributed by atoms with Crippen LogP contribution in [0.5, 0.6) is 0 Å². The first kappa shape index (κ1) is 23.2. The average molecular weight is 471 g/mol. The number of rotatable bonds is 5. The van der Waals surface area contributed by atoms with Crippen molar-refractivity contribution in [1.29, 1.82) is 0 Å². The lowest BCUT2D eigenvalue weighted by Gasteiger charge is -2.54. The van der Waals surface area contributed by atoms with E-state index in [0.29, 0.717) is 5.95 Å². The molecule has 7 heteroatoms. The summed E-state index contributed by atoms with van der Waals surface area (Å²) >= 11 is 0. The molecular weight excluding hydrogens is 439 g/mol. The van der Waals surface area contributed by atoms with Crippen LogP contribution in [-0.4, -0.2) is 30.6 Å². The number of piperidine rings is 1. The molecule has 0 radical (unpaired) electrons. The van der Waals surface area contributed by atoms with Crippen molar-refractivity contribution >= 4 is 11.6 Å². The summed E-state index contributed by atoms with van der Waals surface area (Å²) in [6.07, 6.45) is 7.09. The number of hydrogen-bond donors (Lipinski definition) is 2. The predicted molar refractivity (Wildman–Crippen MR) is 137 cm³/mol. The van der Waals surface area contributed by atoms with Gasteiger partial charge >= 0.3 is 0 Å². The van der Waals surface area contributed by atoms with Gasteiger partial charge < -0.3 is 15.2 Å². The van der Waals surface area contributed by atoms with Crippen molar-refractivity contribution in [2.45, 2.75) is 57.2 Å². The SMILES string of the molecule is CC1(C)CC(c2ccc(F)cc2)(n2cncc2-c2ccnc(Nc3ccccc3)n2)CC(C)(C)N1. The third kappa shape index (κ3) is 4.68. The van der Waals surface area contributed by atoms with Gasteiger partial charge in [-0.25, -0.2) is 19.3 Å². The normalized spacial score (nSPS) is 18.2.